The minimum absolute atomic E-state index is 0.0344. The Morgan fingerprint density at radius 3 is 2.68 bits per heavy atom. The molecule has 1 aromatic rings. The normalized spacial score (nSPS) is 18.7. The van der Waals surface area contributed by atoms with Crippen molar-refractivity contribution in [2.24, 2.45) is 5.92 Å². The van der Waals surface area contributed by atoms with E-state index in [1.807, 2.05) is 0 Å². The average molecular weight is 316 g/mol. The van der Waals surface area contributed by atoms with Crippen LogP contribution in [0.15, 0.2) is 24.3 Å². The molecule has 22 heavy (non-hydrogen) atoms. The van der Waals surface area contributed by atoms with Crippen LogP contribution in [0.1, 0.15) is 12.0 Å². The van der Waals surface area contributed by atoms with E-state index in [0.717, 1.165) is 17.2 Å². The second kappa shape index (κ2) is 5.96. The van der Waals surface area contributed by atoms with Crippen LogP contribution < -0.4 is 4.90 Å². The molecule has 1 aromatic carbocycles. The third-order valence-corrected chi connectivity index (χ3v) is 3.54. The van der Waals surface area contributed by atoms with Gasteiger partial charge >= 0.3 is 6.18 Å². The quantitative estimate of drug-likeness (QED) is 0.802. The highest BCUT2D eigenvalue weighted by Crippen LogP contribution is 2.33. The highest BCUT2D eigenvalue weighted by atomic mass is 19.4. The lowest BCUT2D eigenvalue weighted by atomic mass is 10.1. The highest BCUT2D eigenvalue weighted by Gasteiger charge is 2.38. The molecule has 1 aliphatic heterocycles. The van der Waals surface area contributed by atoms with Crippen molar-refractivity contribution < 1.29 is 27.6 Å². The van der Waals surface area contributed by atoms with Crippen LogP contribution in [0.25, 0.3) is 0 Å². The largest absolute Gasteiger partial charge is 0.416 e. The lowest BCUT2D eigenvalue weighted by Gasteiger charge is -2.20. The minimum Gasteiger partial charge on any atom is -0.312 e. The zero-order valence-electron chi connectivity index (χ0n) is 12.1. The zero-order valence-corrected chi connectivity index (χ0v) is 12.1. The van der Waals surface area contributed by atoms with Gasteiger partial charge in [-0.25, -0.2) is 5.06 Å². The summed E-state index contributed by atoms with van der Waals surface area (Å²) < 4.78 is 38.2. The van der Waals surface area contributed by atoms with E-state index < -0.39 is 17.7 Å². The van der Waals surface area contributed by atoms with Gasteiger partial charge in [-0.3, -0.25) is 14.4 Å². The van der Waals surface area contributed by atoms with Crippen LogP contribution in [0, 0.1) is 5.92 Å². The third kappa shape index (κ3) is 3.22. The maximum Gasteiger partial charge on any atom is 0.416 e. The summed E-state index contributed by atoms with van der Waals surface area (Å²) in [4.78, 5) is 29.9. The van der Waals surface area contributed by atoms with E-state index >= 15 is 0 Å². The number of hydrogen-bond acceptors (Lipinski definition) is 3. The number of hydroxylamine groups is 2. The highest BCUT2D eigenvalue weighted by molar-refractivity contribution is 6.00. The average Bonchev–Trinajstić information content (AvgIpc) is 2.87. The van der Waals surface area contributed by atoms with Crippen molar-refractivity contribution in [1.29, 1.82) is 0 Å². The molecule has 5 nitrogen and oxygen atoms in total. The van der Waals surface area contributed by atoms with Gasteiger partial charge in [-0.15, -0.1) is 0 Å². The van der Waals surface area contributed by atoms with Crippen molar-refractivity contribution in [1.82, 2.24) is 5.06 Å². The molecular formula is C14H15F3N2O3. The molecule has 120 valence electrons. The van der Waals surface area contributed by atoms with Gasteiger partial charge in [0.2, 0.25) is 5.91 Å². The smallest absolute Gasteiger partial charge is 0.312 e. The molecular weight excluding hydrogens is 301 g/mol. The van der Waals surface area contributed by atoms with Crippen molar-refractivity contribution in [3.63, 3.8) is 0 Å². The van der Waals surface area contributed by atoms with Crippen LogP contribution in [0.5, 0.6) is 0 Å². The van der Waals surface area contributed by atoms with Gasteiger partial charge in [-0.1, -0.05) is 6.07 Å². The lowest BCUT2D eigenvalue weighted by molar-refractivity contribution is -0.172. The molecule has 0 aromatic heterocycles. The van der Waals surface area contributed by atoms with E-state index in [0.29, 0.717) is 0 Å². The molecule has 0 saturated carbocycles. The summed E-state index contributed by atoms with van der Waals surface area (Å²) in [5, 5.41) is 1.01. The number of benzene rings is 1. The summed E-state index contributed by atoms with van der Waals surface area (Å²) in [6, 6.07) is 4.50. The summed E-state index contributed by atoms with van der Waals surface area (Å²) in [6.45, 7) is 0.0344. The molecule has 1 unspecified atom stereocenters. The Balaban J connectivity index is 2.20. The first-order valence-electron chi connectivity index (χ1n) is 6.53. The first-order valence-corrected chi connectivity index (χ1v) is 6.53. The van der Waals surface area contributed by atoms with Crippen molar-refractivity contribution in [3.8, 4) is 0 Å². The van der Waals surface area contributed by atoms with E-state index in [1.165, 1.54) is 31.2 Å². The molecule has 8 heteroatoms. The van der Waals surface area contributed by atoms with Gasteiger partial charge in [0.1, 0.15) is 0 Å². The Labute approximate surface area is 125 Å². The second-order valence-corrected chi connectivity index (χ2v) is 4.97. The first-order chi connectivity index (χ1) is 10.2. The Morgan fingerprint density at radius 2 is 2.09 bits per heavy atom. The number of carbonyl (C=O) groups is 2. The van der Waals surface area contributed by atoms with Crippen LogP contribution >= 0.6 is 0 Å². The minimum atomic E-state index is -4.48. The van der Waals surface area contributed by atoms with Crippen LogP contribution in [-0.2, 0) is 20.6 Å². The number of halogens is 3. The van der Waals surface area contributed by atoms with Crippen molar-refractivity contribution in [2.45, 2.75) is 12.6 Å². The zero-order chi connectivity index (χ0) is 16.5. The molecule has 0 radical (unpaired) electrons. The molecule has 1 heterocycles. The van der Waals surface area contributed by atoms with E-state index in [-0.39, 0.29) is 30.5 Å². The van der Waals surface area contributed by atoms with Gasteiger partial charge in [0, 0.05) is 25.7 Å². The predicted molar refractivity (Wildman–Crippen MR) is 71.7 cm³/mol. The summed E-state index contributed by atoms with van der Waals surface area (Å²) in [7, 11) is 2.74. The number of alkyl halides is 3. The fourth-order valence-corrected chi connectivity index (χ4v) is 2.32. The van der Waals surface area contributed by atoms with Gasteiger partial charge in [-0.2, -0.15) is 13.2 Å². The van der Waals surface area contributed by atoms with Gasteiger partial charge in [-0.05, 0) is 18.2 Å². The molecule has 1 fully saturated rings. The summed E-state index contributed by atoms with van der Waals surface area (Å²) in [5.41, 5.74) is -0.697. The van der Waals surface area contributed by atoms with Gasteiger partial charge in [0.15, 0.2) is 0 Å². The summed E-state index contributed by atoms with van der Waals surface area (Å²) >= 11 is 0. The molecule has 1 aliphatic rings. The van der Waals surface area contributed by atoms with E-state index in [9.17, 15) is 22.8 Å². The fraction of sp³-hybridized carbons (Fsp3) is 0.429. The monoisotopic (exact) mass is 316 g/mol. The maximum atomic E-state index is 12.7. The number of anilines is 1. The molecule has 0 aliphatic carbocycles. The third-order valence-electron chi connectivity index (χ3n) is 3.54. The Kier molecular flexibility index (Phi) is 4.41. The summed E-state index contributed by atoms with van der Waals surface area (Å²) in [5.74, 6) is -1.40. The van der Waals surface area contributed by atoms with Crippen molar-refractivity contribution in [3.05, 3.63) is 29.8 Å². The van der Waals surface area contributed by atoms with E-state index in [4.69, 9.17) is 4.84 Å². The molecule has 0 spiro atoms. The molecule has 1 saturated heterocycles. The molecule has 0 bridgehead atoms. The molecule has 1 atom stereocenters. The van der Waals surface area contributed by atoms with Crippen LogP contribution in [0.4, 0.5) is 18.9 Å². The van der Waals surface area contributed by atoms with Gasteiger partial charge < -0.3 is 4.90 Å². The van der Waals surface area contributed by atoms with Crippen LogP contribution in [0.3, 0.4) is 0 Å². The molecule has 2 amide bonds. The molecule has 2 rings (SSSR count). The Bertz CT molecular complexity index is 589. The number of carbonyl (C=O) groups excluding carboxylic acids is 2. The van der Waals surface area contributed by atoms with Crippen molar-refractivity contribution in [2.75, 3.05) is 25.6 Å². The van der Waals surface area contributed by atoms with Gasteiger partial charge in [0.05, 0.1) is 18.6 Å². The van der Waals surface area contributed by atoms with Gasteiger partial charge in [0.25, 0.3) is 5.91 Å². The Hall–Kier alpha value is -2.09. The van der Waals surface area contributed by atoms with Crippen molar-refractivity contribution >= 4 is 17.5 Å². The Morgan fingerprint density at radius 1 is 1.41 bits per heavy atom. The van der Waals surface area contributed by atoms with E-state index in [1.54, 1.807) is 0 Å². The number of amides is 2. The number of nitrogens with zero attached hydrogens (tertiary/aromatic N) is 2. The fourth-order valence-electron chi connectivity index (χ4n) is 2.32. The van der Waals surface area contributed by atoms with Crippen LogP contribution in [0.2, 0.25) is 0 Å². The molecule has 0 N–H and O–H groups in total. The lowest BCUT2D eigenvalue weighted by Crippen LogP contribution is -2.34. The number of rotatable bonds is 3. The topological polar surface area (TPSA) is 49.9 Å². The van der Waals surface area contributed by atoms with Crippen LogP contribution in [-0.4, -0.2) is 37.6 Å². The number of hydrogen-bond donors (Lipinski definition) is 0. The SMILES string of the molecule is CON(C)C(=O)C1CC(=O)N(c2cccc(C(F)(F)F)c2)C1. The van der Waals surface area contributed by atoms with E-state index in [2.05, 4.69) is 0 Å². The summed E-state index contributed by atoms with van der Waals surface area (Å²) in [6.07, 6.45) is -4.53. The first kappa shape index (κ1) is 16.3. The second-order valence-electron chi connectivity index (χ2n) is 4.97. The standard InChI is InChI=1S/C14H15F3N2O3/c1-18(22-2)13(21)9-6-12(20)19(8-9)11-5-3-4-10(7-11)14(15,16)17/h3-5,7,9H,6,8H2,1-2H3. The predicted octanol–water partition coefficient (Wildman–Crippen LogP) is 2.08. The maximum absolute atomic E-state index is 12.7.